The second-order valence-electron chi connectivity index (χ2n) is 3.68. The fourth-order valence-electron chi connectivity index (χ4n) is 1.69. The Morgan fingerprint density at radius 2 is 1.95 bits per heavy atom. The molecule has 0 radical (unpaired) electrons. The lowest BCUT2D eigenvalue weighted by molar-refractivity contribution is 0.0605. The van der Waals surface area contributed by atoms with E-state index in [0.717, 1.165) is 20.3 Å². The number of hydrogen-bond acceptors (Lipinski definition) is 4. The summed E-state index contributed by atoms with van der Waals surface area (Å²) in [5.74, 6) is -0.365. The van der Waals surface area contributed by atoms with Gasteiger partial charge in [-0.2, -0.15) is 0 Å². The lowest BCUT2D eigenvalue weighted by Gasteiger charge is -2.11. The van der Waals surface area contributed by atoms with Crippen LogP contribution in [0.5, 0.6) is 0 Å². The molecule has 0 spiro atoms. The van der Waals surface area contributed by atoms with E-state index in [1.54, 1.807) is 0 Å². The van der Waals surface area contributed by atoms with E-state index in [-0.39, 0.29) is 5.97 Å². The van der Waals surface area contributed by atoms with Gasteiger partial charge in [-0.25, -0.2) is 4.79 Å². The van der Waals surface area contributed by atoms with Gasteiger partial charge in [-0.1, -0.05) is 17.4 Å². The zero-order chi connectivity index (χ0) is 14.2. The second kappa shape index (κ2) is 5.87. The quantitative estimate of drug-likeness (QED) is 0.510. The Kier molecular flexibility index (Phi) is 4.60. The molecular weight excluding hydrogens is 414 g/mol. The number of carbonyl (C=O) groups is 1. The highest BCUT2D eigenvalue weighted by molar-refractivity contribution is 9.11. The topological polar surface area (TPSA) is 31.2 Å². The number of hydrogen-bond donors (Lipinski definition) is 0. The van der Waals surface area contributed by atoms with Crippen LogP contribution >= 0.6 is 55.4 Å². The molecule has 2 aromatic rings. The molecule has 0 bridgehead atoms. The number of esters is 1. The van der Waals surface area contributed by atoms with Crippen LogP contribution in [-0.4, -0.2) is 17.6 Å². The average molecular weight is 423 g/mol. The molecule has 0 atom stereocenters. The van der Waals surface area contributed by atoms with Crippen LogP contribution in [0.1, 0.15) is 15.4 Å². The molecule has 0 saturated heterocycles. The van der Waals surface area contributed by atoms with Crippen LogP contribution in [0.3, 0.4) is 0 Å². The minimum Gasteiger partial charge on any atom is -0.465 e. The van der Waals surface area contributed by atoms with E-state index in [0.29, 0.717) is 8.83 Å². The molecule has 19 heavy (non-hydrogen) atoms. The zero-order valence-corrected chi connectivity index (χ0v) is 14.9. The number of halogens is 2. The van der Waals surface area contributed by atoms with Crippen LogP contribution in [0, 0.1) is 10.9 Å². The van der Waals surface area contributed by atoms with Crippen molar-refractivity contribution in [3.63, 3.8) is 0 Å². The number of thiazole rings is 1. The molecule has 1 aromatic heterocycles. The normalized spacial score (nSPS) is 10.5. The predicted octanol–water partition coefficient (Wildman–Crippen LogP) is 4.89. The van der Waals surface area contributed by atoms with Crippen molar-refractivity contribution in [2.45, 2.75) is 6.92 Å². The Balaban J connectivity index is 2.74. The highest BCUT2D eigenvalue weighted by atomic mass is 79.9. The number of carbonyl (C=O) groups excluding carboxylic acids is 1. The number of benzene rings is 1. The van der Waals surface area contributed by atoms with Crippen molar-refractivity contribution in [3.05, 3.63) is 41.7 Å². The fourth-order valence-corrected chi connectivity index (χ4v) is 4.42. The third-order valence-corrected chi connectivity index (χ3v) is 5.30. The summed E-state index contributed by atoms with van der Waals surface area (Å²) < 4.78 is 9.03. The summed E-state index contributed by atoms with van der Waals surface area (Å²) in [6.45, 7) is 1.85. The van der Waals surface area contributed by atoms with E-state index in [1.807, 2.05) is 29.7 Å². The molecule has 1 aromatic carbocycles. The zero-order valence-electron chi connectivity index (χ0n) is 10.1. The van der Waals surface area contributed by atoms with Crippen molar-refractivity contribution in [2.75, 3.05) is 7.11 Å². The Hall–Kier alpha value is -0.500. The van der Waals surface area contributed by atoms with Crippen LogP contribution in [0.2, 0.25) is 0 Å². The summed E-state index contributed by atoms with van der Waals surface area (Å²) in [5.41, 5.74) is 1.66. The van der Waals surface area contributed by atoms with E-state index in [4.69, 9.17) is 17.0 Å². The lowest BCUT2D eigenvalue weighted by atomic mass is 10.3. The van der Waals surface area contributed by atoms with Crippen molar-refractivity contribution in [1.82, 2.24) is 4.57 Å². The first-order valence-electron chi connectivity index (χ1n) is 5.22. The molecule has 7 heteroatoms. The van der Waals surface area contributed by atoms with E-state index < -0.39 is 0 Å². The van der Waals surface area contributed by atoms with E-state index in [9.17, 15) is 4.79 Å². The van der Waals surface area contributed by atoms with Gasteiger partial charge in [-0.3, -0.25) is 4.57 Å². The van der Waals surface area contributed by atoms with Crippen molar-refractivity contribution in [2.24, 2.45) is 0 Å². The van der Waals surface area contributed by atoms with E-state index >= 15 is 0 Å². The number of aromatic nitrogens is 1. The number of rotatable bonds is 2. The molecule has 0 aliphatic rings. The number of nitrogens with zero attached hydrogens (tertiary/aromatic N) is 1. The highest BCUT2D eigenvalue weighted by Gasteiger charge is 2.19. The van der Waals surface area contributed by atoms with Crippen LogP contribution < -0.4 is 0 Å². The van der Waals surface area contributed by atoms with Gasteiger partial charge in [0.05, 0.1) is 12.8 Å². The van der Waals surface area contributed by atoms with Crippen molar-refractivity contribution in [1.29, 1.82) is 0 Å². The molecule has 0 saturated carbocycles. The maximum absolute atomic E-state index is 11.7. The molecule has 0 aliphatic carbocycles. The van der Waals surface area contributed by atoms with Crippen molar-refractivity contribution < 1.29 is 9.53 Å². The summed E-state index contributed by atoms with van der Waals surface area (Å²) in [6.07, 6.45) is 0. The Labute approximate surface area is 136 Å². The van der Waals surface area contributed by atoms with Crippen molar-refractivity contribution in [3.8, 4) is 5.69 Å². The molecule has 1 heterocycles. The third kappa shape index (κ3) is 2.69. The molecule has 100 valence electrons. The number of para-hydroxylation sites is 1. The van der Waals surface area contributed by atoms with Crippen molar-refractivity contribution >= 4 is 61.4 Å². The molecule has 2 rings (SSSR count). The Morgan fingerprint density at radius 3 is 2.47 bits per heavy atom. The summed E-state index contributed by atoms with van der Waals surface area (Å²) in [4.78, 5) is 12.2. The van der Waals surface area contributed by atoms with Gasteiger partial charge in [0.25, 0.3) is 0 Å². The number of ether oxygens (including phenoxy) is 1. The summed E-state index contributed by atoms with van der Waals surface area (Å²) in [5, 5.41) is 0. The second-order valence-corrected chi connectivity index (χ2v) is 7.03. The molecule has 3 nitrogen and oxygen atoms in total. The van der Waals surface area contributed by atoms with Gasteiger partial charge in [0.1, 0.15) is 4.88 Å². The summed E-state index contributed by atoms with van der Waals surface area (Å²) in [6, 6.07) is 5.78. The molecule has 0 N–H and O–H groups in total. The smallest absolute Gasteiger partial charge is 0.349 e. The Bertz CT molecular complexity index is 686. The van der Waals surface area contributed by atoms with Gasteiger partial charge < -0.3 is 4.74 Å². The van der Waals surface area contributed by atoms with Gasteiger partial charge in [0, 0.05) is 14.6 Å². The SMILES string of the molecule is COC(=O)c1sc(=S)n(-c2c(Br)cccc2Br)c1C. The van der Waals surface area contributed by atoms with E-state index in [1.165, 1.54) is 18.4 Å². The van der Waals surface area contributed by atoms with Gasteiger partial charge in [0.15, 0.2) is 3.95 Å². The van der Waals surface area contributed by atoms with Gasteiger partial charge in [-0.05, 0) is 63.1 Å². The van der Waals surface area contributed by atoms with Crippen LogP contribution in [0.25, 0.3) is 5.69 Å². The Morgan fingerprint density at radius 1 is 1.37 bits per heavy atom. The maximum Gasteiger partial charge on any atom is 0.349 e. The van der Waals surface area contributed by atoms with Gasteiger partial charge >= 0.3 is 5.97 Å². The lowest BCUT2D eigenvalue weighted by Crippen LogP contribution is -2.04. The van der Waals surface area contributed by atoms with Gasteiger partial charge in [0.2, 0.25) is 0 Å². The fraction of sp³-hybridized carbons (Fsp3) is 0.167. The minimum atomic E-state index is -0.365. The first-order chi connectivity index (χ1) is 8.97. The van der Waals surface area contributed by atoms with Crippen LogP contribution in [0.15, 0.2) is 27.1 Å². The predicted molar refractivity (Wildman–Crippen MR) is 86.0 cm³/mol. The van der Waals surface area contributed by atoms with Crippen LogP contribution in [0.4, 0.5) is 0 Å². The molecule has 0 fully saturated rings. The summed E-state index contributed by atoms with van der Waals surface area (Å²) >= 11 is 13.6. The average Bonchev–Trinajstić information content (AvgIpc) is 2.65. The molecular formula is C12H9Br2NO2S2. The van der Waals surface area contributed by atoms with Crippen LogP contribution in [-0.2, 0) is 4.74 Å². The summed E-state index contributed by atoms with van der Waals surface area (Å²) in [7, 11) is 1.36. The largest absolute Gasteiger partial charge is 0.465 e. The molecule has 0 unspecified atom stereocenters. The maximum atomic E-state index is 11.7. The minimum absolute atomic E-state index is 0.365. The standard InChI is InChI=1S/C12H9Br2NO2S2/c1-6-10(11(16)17-2)19-12(18)15(6)9-7(13)4-3-5-8(9)14/h3-5H,1-2H3. The first-order valence-corrected chi connectivity index (χ1v) is 8.03. The molecule has 0 amide bonds. The molecule has 0 aliphatic heterocycles. The van der Waals surface area contributed by atoms with E-state index in [2.05, 4.69) is 31.9 Å². The first kappa shape index (κ1) is 14.9. The van der Waals surface area contributed by atoms with Gasteiger partial charge in [-0.15, -0.1) is 0 Å². The monoisotopic (exact) mass is 421 g/mol. The highest BCUT2D eigenvalue weighted by Crippen LogP contribution is 2.33. The number of methoxy groups -OCH3 is 1. The third-order valence-electron chi connectivity index (χ3n) is 2.57.